The number of hydrogen-bond donors (Lipinski definition) is 3. The summed E-state index contributed by atoms with van der Waals surface area (Å²) in [5.74, 6) is -0.185. The molecule has 1 amide bonds. The highest BCUT2D eigenvalue weighted by molar-refractivity contribution is 5.85. The average Bonchev–Trinajstić information content (AvgIpc) is 3.14. The van der Waals surface area contributed by atoms with E-state index >= 15 is 0 Å². The number of rotatable bonds is 4. The van der Waals surface area contributed by atoms with Crippen molar-refractivity contribution in [3.63, 3.8) is 0 Å². The topological polar surface area (TPSA) is 78.4 Å². The number of carboxylic acids is 1. The molecule has 3 N–H and O–H groups in total. The van der Waals surface area contributed by atoms with Gasteiger partial charge in [0, 0.05) is 12.6 Å². The van der Waals surface area contributed by atoms with Gasteiger partial charge in [0.2, 0.25) is 5.91 Å². The van der Waals surface area contributed by atoms with E-state index in [2.05, 4.69) is 24.5 Å². The van der Waals surface area contributed by atoms with Crippen molar-refractivity contribution in [1.82, 2.24) is 10.6 Å². The van der Waals surface area contributed by atoms with Crippen molar-refractivity contribution in [3.8, 4) is 0 Å². The van der Waals surface area contributed by atoms with Gasteiger partial charge in [-0.15, -0.1) is 0 Å². The third-order valence-corrected chi connectivity index (χ3v) is 6.25. The van der Waals surface area contributed by atoms with Crippen LogP contribution in [-0.2, 0) is 9.59 Å². The van der Waals surface area contributed by atoms with Gasteiger partial charge in [-0.25, -0.2) is 0 Å². The molecule has 0 aromatic carbocycles. The van der Waals surface area contributed by atoms with Gasteiger partial charge >= 0.3 is 5.97 Å². The third kappa shape index (κ3) is 2.26. The molecule has 1 aliphatic heterocycles. The molecule has 0 aromatic rings. The Morgan fingerprint density at radius 1 is 1.29 bits per heavy atom. The second-order valence-electron chi connectivity index (χ2n) is 7.43. The van der Waals surface area contributed by atoms with Crippen molar-refractivity contribution in [1.29, 1.82) is 0 Å². The minimum absolute atomic E-state index is 0.0614. The summed E-state index contributed by atoms with van der Waals surface area (Å²) in [6.45, 7) is 5.74. The number of amides is 1. The van der Waals surface area contributed by atoms with Crippen molar-refractivity contribution in [2.75, 3.05) is 13.1 Å². The van der Waals surface area contributed by atoms with Gasteiger partial charge in [0.15, 0.2) is 0 Å². The van der Waals surface area contributed by atoms with Crippen LogP contribution in [0.25, 0.3) is 0 Å². The van der Waals surface area contributed by atoms with Crippen molar-refractivity contribution in [2.24, 2.45) is 29.1 Å². The molecule has 2 bridgehead atoms. The van der Waals surface area contributed by atoms with Gasteiger partial charge in [0.1, 0.15) is 0 Å². The maximum absolute atomic E-state index is 12.9. The molecule has 5 heteroatoms. The zero-order valence-electron chi connectivity index (χ0n) is 12.9. The van der Waals surface area contributed by atoms with Crippen LogP contribution < -0.4 is 10.6 Å². The number of aliphatic carboxylic acids is 1. The first-order valence-electron chi connectivity index (χ1n) is 8.20. The van der Waals surface area contributed by atoms with Crippen LogP contribution in [0.2, 0.25) is 0 Å². The van der Waals surface area contributed by atoms with E-state index in [0.717, 1.165) is 32.2 Å². The number of fused-ring (bicyclic) bond motifs is 2. The van der Waals surface area contributed by atoms with E-state index in [0.29, 0.717) is 12.5 Å². The Labute approximate surface area is 125 Å². The summed E-state index contributed by atoms with van der Waals surface area (Å²) < 4.78 is 0. The molecule has 3 fully saturated rings. The molecule has 2 aliphatic carbocycles. The molecule has 118 valence electrons. The Hall–Kier alpha value is -1.10. The lowest BCUT2D eigenvalue weighted by molar-refractivity contribution is -0.145. The van der Waals surface area contributed by atoms with E-state index in [-0.39, 0.29) is 35.1 Å². The van der Waals surface area contributed by atoms with Crippen LogP contribution in [-0.4, -0.2) is 36.1 Å². The highest BCUT2D eigenvalue weighted by Crippen LogP contribution is 2.49. The Kier molecular flexibility index (Phi) is 3.72. The first-order chi connectivity index (χ1) is 9.95. The van der Waals surface area contributed by atoms with Gasteiger partial charge in [-0.2, -0.15) is 0 Å². The van der Waals surface area contributed by atoms with E-state index in [1.165, 1.54) is 0 Å². The number of hydrogen-bond acceptors (Lipinski definition) is 3. The molecule has 0 spiro atoms. The SMILES string of the molecule is CC(C)C1(C(=O)NC2C3CCC(C3)C2C(=O)O)CCNC1. The lowest BCUT2D eigenvalue weighted by Gasteiger charge is -2.36. The van der Waals surface area contributed by atoms with Crippen LogP contribution in [0.3, 0.4) is 0 Å². The minimum Gasteiger partial charge on any atom is -0.481 e. The van der Waals surface area contributed by atoms with Crippen LogP contribution in [0.4, 0.5) is 0 Å². The molecule has 21 heavy (non-hydrogen) atoms. The smallest absolute Gasteiger partial charge is 0.308 e. The van der Waals surface area contributed by atoms with E-state index in [1.54, 1.807) is 0 Å². The molecular formula is C16H26N2O3. The average molecular weight is 294 g/mol. The van der Waals surface area contributed by atoms with Gasteiger partial charge in [-0.05, 0) is 50.0 Å². The van der Waals surface area contributed by atoms with E-state index < -0.39 is 5.97 Å². The summed E-state index contributed by atoms with van der Waals surface area (Å²) in [4.78, 5) is 24.4. The number of carboxylic acid groups (broad SMARTS) is 1. The number of nitrogens with one attached hydrogen (secondary N) is 2. The third-order valence-electron chi connectivity index (χ3n) is 6.25. The normalized spacial score (nSPS) is 41.7. The van der Waals surface area contributed by atoms with Gasteiger partial charge < -0.3 is 15.7 Å². The maximum Gasteiger partial charge on any atom is 0.308 e. The largest absolute Gasteiger partial charge is 0.481 e. The first kappa shape index (κ1) is 14.8. The lowest BCUT2D eigenvalue weighted by Crippen LogP contribution is -2.54. The summed E-state index contributed by atoms with van der Waals surface area (Å²) in [7, 11) is 0. The van der Waals surface area contributed by atoms with E-state index in [1.807, 2.05) is 0 Å². The highest BCUT2D eigenvalue weighted by atomic mass is 16.4. The Morgan fingerprint density at radius 3 is 2.57 bits per heavy atom. The first-order valence-corrected chi connectivity index (χ1v) is 8.20. The van der Waals surface area contributed by atoms with Crippen molar-refractivity contribution in [3.05, 3.63) is 0 Å². The minimum atomic E-state index is -0.740. The fourth-order valence-corrected chi connectivity index (χ4v) is 4.81. The van der Waals surface area contributed by atoms with Gasteiger partial charge in [-0.1, -0.05) is 13.8 Å². The van der Waals surface area contributed by atoms with E-state index in [9.17, 15) is 14.7 Å². The molecule has 0 radical (unpaired) electrons. The molecule has 5 nitrogen and oxygen atoms in total. The Morgan fingerprint density at radius 2 is 2.00 bits per heavy atom. The molecular weight excluding hydrogens is 268 g/mol. The molecule has 1 saturated heterocycles. The summed E-state index contributed by atoms with van der Waals surface area (Å²) in [6, 6.07) is -0.162. The monoisotopic (exact) mass is 294 g/mol. The van der Waals surface area contributed by atoms with Crippen LogP contribution in [0.5, 0.6) is 0 Å². The van der Waals surface area contributed by atoms with Crippen LogP contribution >= 0.6 is 0 Å². The fourth-order valence-electron chi connectivity index (χ4n) is 4.81. The lowest BCUT2D eigenvalue weighted by atomic mass is 9.74. The van der Waals surface area contributed by atoms with Gasteiger partial charge in [0.05, 0.1) is 11.3 Å². The van der Waals surface area contributed by atoms with Crippen molar-refractivity contribution < 1.29 is 14.7 Å². The zero-order chi connectivity index (χ0) is 15.2. The molecule has 5 atom stereocenters. The van der Waals surface area contributed by atoms with Crippen molar-refractivity contribution >= 4 is 11.9 Å². The predicted octanol–water partition coefficient (Wildman–Crippen LogP) is 1.24. The van der Waals surface area contributed by atoms with Gasteiger partial charge in [-0.3, -0.25) is 9.59 Å². The number of carbonyl (C=O) groups excluding carboxylic acids is 1. The molecule has 1 heterocycles. The second-order valence-corrected chi connectivity index (χ2v) is 7.43. The highest BCUT2D eigenvalue weighted by Gasteiger charge is 2.53. The van der Waals surface area contributed by atoms with Gasteiger partial charge in [0.25, 0.3) is 0 Å². The summed E-state index contributed by atoms with van der Waals surface area (Å²) in [6.07, 6.45) is 3.88. The molecule has 3 rings (SSSR count). The zero-order valence-corrected chi connectivity index (χ0v) is 12.9. The van der Waals surface area contributed by atoms with Crippen LogP contribution in [0.1, 0.15) is 39.5 Å². The second kappa shape index (κ2) is 5.27. The molecule has 0 aromatic heterocycles. The molecule has 3 aliphatic rings. The fraction of sp³-hybridized carbons (Fsp3) is 0.875. The molecule has 2 saturated carbocycles. The maximum atomic E-state index is 12.9. The quantitative estimate of drug-likeness (QED) is 0.729. The van der Waals surface area contributed by atoms with Crippen LogP contribution in [0.15, 0.2) is 0 Å². The van der Waals surface area contributed by atoms with Crippen molar-refractivity contribution in [2.45, 2.75) is 45.6 Å². The van der Waals surface area contributed by atoms with E-state index in [4.69, 9.17) is 0 Å². The Bertz CT molecular complexity index is 443. The number of carbonyl (C=O) groups is 2. The summed E-state index contributed by atoms with van der Waals surface area (Å²) in [5.41, 5.74) is -0.370. The Balaban J connectivity index is 1.76. The summed E-state index contributed by atoms with van der Waals surface area (Å²) >= 11 is 0. The predicted molar refractivity (Wildman–Crippen MR) is 78.6 cm³/mol. The van der Waals surface area contributed by atoms with Crippen LogP contribution in [0, 0.1) is 29.1 Å². The molecule has 5 unspecified atom stereocenters. The standard InChI is InChI=1S/C16H26N2O3/c1-9(2)16(5-6-17-8-16)15(21)18-13-11-4-3-10(7-11)12(13)14(19)20/h9-13,17H,3-8H2,1-2H3,(H,18,21)(H,19,20). The summed E-state index contributed by atoms with van der Waals surface area (Å²) in [5, 5.41) is 15.9.